The lowest BCUT2D eigenvalue weighted by Crippen LogP contribution is -2.29. The minimum Gasteiger partial charge on any atom is -0.379 e. The first-order chi connectivity index (χ1) is 6.86. The third kappa shape index (κ3) is 2.69. The minimum absolute atomic E-state index is 0.0411. The van der Waals surface area contributed by atoms with Crippen molar-refractivity contribution >= 4 is 0 Å². The highest BCUT2D eigenvalue weighted by atomic mass is 16.7. The Morgan fingerprint density at radius 2 is 1.93 bits per heavy atom. The van der Waals surface area contributed by atoms with Gasteiger partial charge >= 0.3 is 0 Å². The predicted octanol–water partition coefficient (Wildman–Crippen LogP) is 1.95. The van der Waals surface area contributed by atoms with E-state index in [4.69, 9.17) is 14.2 Å². The van der Waals surface area contributed by atoms with E-state index in [2.05, 4.69) is 6.92 Å². The van der Waals surface area contributed by atoms with Gasteiger partial charge in [0.05, 0.1) is 25.9 Å². The molecule has 2 rings (SSSR count). The molecule has 0 N–H and O–H groups in total. The second kappa shape index (κ2) is 5.10. The van der Waals surface area contributed by atoms with Crippen LogP contribution in [0.1, 0.15) is 32.6 Å². The van der Waals surface area contributed by atoms with Crippen molar-refractivity contribution in [1.82, 2.24) is 0 Å². The van der Waals surface area contributed by atoms with Gasteiger partial charge in [-0.3, -0.25) is 0 Å². The summed E-state index contributed by atoms with van der Waals surface area (Å²) < 4.78 is 17.0. The van der Waals surface area contributed by atoms with E-state index in [1.807, 2.05) is 0 Å². The van der Waals surface area contributed by atoms with Gasteiger partial charge in [0.1, 0.15) is 0 Å². The van der Waals surface area contributed by atoms with Crippen LogP contribution in [0.3, 0.4) is 0 Å². The van der Waals surface area contributed by atoms with Crippen LogP contribution < -0.4 is 0 Å². The second-order valence-electron chi connectivity index (χ2n) is 4.33. The molecule has 0 radical (unpaired) electrons. The second-order valence-corrected chi connectivity index (χ2v) is 4.33. The van der Waals surface area contributed by atoms with Crippen molar-refractivity contribution in [3.8, 4) is 0 Å². The van der Waals surface area contributed by atoms with E-state index in [0.29, 0.717) is 25.2 Å². The molecule has 0 bridgehead atoms. The van der Waals surface area contributed by atoms with Gasteiger partial charge in [0.15, 0.2) is 6.29 Å². The van der Waals surface area contributed by atoms with E-state index in [0.717, 1.165) is 6.61 Å². The zero-order valence-electron chi connectivity index (χ0n) is 8.91. The molecule has 82 valence electrons. The molecule has 2 aliphatic rings. The van der Waals surface area contributed by atoms with Crippen LogP contribution in [0.4, 0.5) is 0 Å². The molecule has 1 saturated carbocycles. The summed E-state index contributed by atoms with van der Waals surface area (Å²) in [7, 11) is 0. The van der Waals surface area contributed by atoms with Gasteiger partial charge < -0.3 is 14.2 Å². The molecule has 0 aromatic heterocycles. The van der Waals surface area contributed by atoms with Crippen molar-refractivity contribution in [1.29, 1.82) is 0 Å². The maximum atomic E-state index is 5.94. The Kier molecular flexibility index (Phi) is 3.79. The summed E-state index contributed by atoms with van der Waals surface area (Å²) in [4.78, 5) is 0. The van der Waals surface area contributed by atoms with Gasteiger partial charge in [0.25, 0.3) is 0 Å². The molecule has 1 aliphatic heterocycles. The van der Waals surface area contributed by atoms with Gasteiger partial charge in [-0.2, -0.15) is 0 Å². The number of ether oxygens (including phenoxy) is 3. The van der Waals surface area contributed by atoms with Crippen LogP contribution in [0.5, 0.6) is 0 Å². The molecule has 3 nitrogen and oxygen atoms in total. The molecule has 1 saturated heterocycles. The Morgan fingerprint density at radius 3 is 2.71 bits per heavy atom. The van der Waals surface area contributed by atoms with Crippen LogP contribution >= 0.6 is 0 Å². The zero-order valence-corrected chi connectivity index (χ0v) is 8.91. The summed E-state index contributed by atoms with van der Waals surface area (Å²) >= 11 is 0. The van der Waals surface area contributed by atoms with Gasteiger partial charge in [-0.1, -0.05) is 19.8 Å². The Morgan fingerprint density at radius 1 is 1.14 bits per heavy atom. The molecule has 0 spiro atoms. The van der Waals surface area contributed by atoms with E-state index < -0.39 is 0 Å². The lowest BCUT2D eigenvalue weighted by atomic mass is 10.2. The van der Waals surface area contributed by atoms with Crippen LogP contribution in [0.25, 0.3) is 0 Å². The third-order valence-corrected chi connectivity index (χ3v) is 2.98. The summed E-state index contributed by atoms with van der Waals surface area (Å²) in [5.41, 5.74) is 0. The van der Waals surface area contributed by atoms with Crippen LogP contribution in [0, 0.1) is 5.92 Å². The average Bonchev–Trinajstić information content (AvgIpc) is 2.60. The fraction of sp³-hybridized carbons (Fsp3) is 1.00. The summed E-state index contributed by atoms with van der Waals surface area (Å²) in [6.45, 7) is 4.26. The Labute approximate surface area is 85.7 Å². The van der Waals surface area contributed by atoms with Crippen LogP contribution in [0.2, 0.25) is 0 Å². The van der Waals surface area contributed by atoms with Crippen LogP contribution in [0.15, 0.2) is 0 Å². The Hall–Kier alpha value is -0.120. The fourth-order valence-corrected chi connectivity index (χ4v) is 2.12. The summed E-state index contributed by atoms with van der Waals surface area (Å²) in [6.07, 6.45) is 5.41. The molecule has 3 heteroatoms. The molecule has 0 aromatic carbocycles. The van der Waals surface area contributed by atoms with Gasteiger partial charge in [-0.25, -0.2) is 0 Å². The fourth-order valence-electron chi connectivity index (χ4n) is 2.12. The van der Waals surface area contributed by atoms with Crippen molar-refractivity contribution in [3.63, 3.8) is 0 Å². The third-order valence-electron chi connectivity index (χ3n) is 2.98. The monoisotopic (exact) mass is 200 g/mol. The molecule has 0 unspecified atom stereocenters. The first-order valence-corrected chi connectivity index (χ1v) is 5.71. The van der Waals surface area contributed by atoms with Crippen molar-refractivity contribution in [2.75, 3.05) is 19.8 Å². The maximum absolute atomic E-state index is 5.94. The van der Waals surface area contributed by atoms with E-state index in [9.17, 15) is 0 Å². The highest BCUT2D eigenvalue weighted by Crippen LogP contribution is 2.25. The molecular formula is C11H20O3. The van der Waals surface area contributed by atoms with E-state index in [1.54, 1.807) is 0 Å². The number of hydrogen-bond donors (Lipinski definition) is 0. The van der Waals surface area contributed by atoms with Gasteiger partial charge in [0.2, 0.25) is 0 Å². The zero-order chi connectivity index (χ0) is 9.80. The standard InChI is InChI=1S/C11H20O3/c1-9-8-12-6-7-13-11(9)14-10-4-2-3-5-10/h9-11H,2-8H2,1H3/t9-,11+/m0/s1. The lowest BCUT2D eigenvalue weighted by molar-refractivity contribution is -0.185. The Bertz CT molecular complexity index is 166. The summed E-state index contributed by atoms with van der Waals surface area (Å²) in [5, 5.41) is 0. The van der Waals surface area contributed by atoms with E-state index in [-0.39, 0.29) is 6.29 Å². The molecule has 1 aliphatic carbocycles. The van der Waals surface area contributed by atoms with Gasteiger partial charge in [0, 0.05) is 5.92 Å². The lowest BCUT2D eigenvalue weighted by Gasteiger charge is -2.24. The molecule has 14 heavy (non-hydrogen) atoms. The van der Waals surface area contributed by atoms with Gasteiger partial charge in [-0.05, 0) is 12.8 Å². The molecule has 2 atom stereocenters. The number of rotatable bonds is 2. The maximum Gasteiger partial charge on any atom is 0.162 e. The SMILES string of the molecule is C[C@H]1COCCO[C@@H]1OC1CCCC1. The highest BCUT2D eigenvalue weighted by Gasteiger charge is 2.26. The van der Waals surface area contributed by atoms with Gasteiger partial charge in [-0.15, -0.1) is 0 Å². The van der Waals surface area contributed by atoms with Crippen molar-refractivity contribution in [2.24, 2.45) is 5.92 Å². The average molecular weight is 200 g/mol. The number of hydrogen-bond acceptors (Lipinski definition) is 3. The van der Waals surface area contributed by atoms with Crippen LogP contribution in [-0.2, 0) is 14.2 Å². The molecule has 1 heterocycles. The molecule has 2 fully saturated rings. The van der Waals surface area contributed by atoms with E-state index >= 15 is 0 Å². The quantitative estimate of drug-likeness (QED) is 0.682. The van der Waals surface area contributed by atoms with Crippen molar-refractivity contribution in [3.05, 3.63) is 0 Å². The first-order valence-electron chi connectivity index (χ1n) is 5.71. The molecular weight excluding hydrogens is 180 g/mol. The summed E-state index contributed by atoms with van der Waals surface area (Å²) in [6, 6.07) is 0. The van der Waals surface area contributed by atoms with Crippen LogP contribution in [-0.4, -0.2) is 32.2 Å². The highest BCUT2D eigenvalue weighted by molar-refractivity contribution is 4.69. The molecule has 0 amide bonds. The smallest absolute Gasteiger partial charge is 0.162 e. The minimum atomic E-state index is -0.0411. The predicted molar refractivity (Wildman–Crippen MR) is 53.1 cm³/mol. The molecule has 0 aromatic rings. The summed E-state index contributed by atoms with van der Waals surface area (Å²) in [5.74, 6) is 0.359. The van der Waals surface area contributed by atoms with E-state index in [1.165, 1.54) is 25.7 Å². The van der Waals surface area contributed by atoms with Crippen molar-refractivity contribution in [2.45, 2.75) is 45.0 Å². The van der Waals surface area contributed by atoms with Crippen molar-refractivity contribution < 1.29 is 14.2 Å². The first kappa shape index (κ1) is 10.4. The largest absolute Gasteiger partial charge is 0.379 e. The normalized spacial score (nSPS) is 35.8. The topological polar surface area (TPSA) is 27.7 Å². The Balaban J connectivity index is 1.81.